The molecule has 76 valence electrons. The largest absolute Gasteiger partial charge is 0.389 e. The van der Waals surface area contributed by atoms with E-state index in [1.54, 1.807) is 6.92 Å². The van der Waals surface area contributed by atoms with Gasteiger partial charge in [0.2, 0.25) is 0 Å². The summed E-state index contributed by atoms with van der Waals surface area (Å²) < 4.78 is 0. The summed E-state index contributed by atoms with van der Waals surface area (Å²) in [7, 11) is 0. The number of aliphatic hydroxyl groups excluding tert-OH is 2. The normalized spacial score (nSPS) is 14.8. The number of nitrogens with zero attached hydrogens (tertiary/aromatic N) is 2. The van der Waals surface area contributed by atoms with Crippen molar-refractivity contribution in [1.29, 1.82) is 5.26 Å². The quantitative estimate of drug-likeness (QED) is 0.785. The monoisotopic (exact) mass is 212 g/mol. The number of hydrogen-bond acceptors (Lipinski definition) is 5. The summed E-state index contributed by atoms with van der Waals surface area (Å²) in [6, 6.07) is 1.82. The van der Waals surface area contributed by atoms with Crippen LogP contribution in [0.25, 0.3) is 0 Å². The SMILES string of the molecule is Cc1nc(C)c(C(O)C(O)CC#N)s1. The Labute approximate surface area is 86.5 Å². The van der Waals surface area contributed by atoms with Gasteiger partial charge < -0.3 is 10.2 Å². The van der Waals surface area contributed by atoms with Crippen LogP contribution in [0.5, 0.6) is 0 Å². The molecule has 2 atom stereocenters. The molecule has 2 N–H and O–H groups in total. The zero-order chi connectivity index (χ0) is 10.7. The second-order valence-electron chi connectivity index (χ2n) is 3.06. The van der Waals surface area contributed by atoms with Crippen molar-refractivity contribution in [2.75, 3.05) is 0 Å². The van der Waals surface area contributed by atoms with Crippen LogP contribution in [0, 0.1) is 25.2 Å². The molecule has 4 nitrogen and oxygen atoms in total. The average Bonchev–Trinajstić information content (AvgIpc) is 2.44. The van der Waals surface area contributed by atoms with Crippen molar-refractivity contribution in [3.8, 4) is 6.07 Å². The predicted molar refractivity (Wildman–Crippen MR) is 52.8 cm³/mol. The molecule has 0 aromatic carbocycles. The lowest BCUT2D eigenvalue weighted by atomic mass is 10.1. The van der Waals surface area contributed by atoms with Gasteiger partial charge in [-0.3, -0.25) is 0 Å². The molecule has 14 heavy (non-hydrogen) atoms. The van der Waals surface area contributed by atoms with Crippen molar-refractivity contribution in [3.05, 3.63) is 15.6 Å². The van der Waals surface area contributed by atoms with E-state index in [0.29, 0.717) is 4.88 Å². The molecule has 0 amide bonds. The molecule has 2 unspecified atom stereocenters. The zero-order valence-corrected chi connectivity index (χ0v) is 8.88. The number of nitriles is 1. The number of aliphatic hydroxyl groups is 2. The third-order valence-corrected chi connectivity index (χ3v) is 3.02. The van der Waals surface area contributed by atoms with Crippen LogP contribution in [0.2, 0.25) is 0 Å². The maximum absolute atomic E-state index is 9.68. The van der Waals surface area contributed by atoms with Gasteiger partial charge in [-0.25, -0.2) is 4.98 Å². The molecule has 0 aliphatic heterocycles. The smallest absolute Gasteiger partial charge is 0.117 e. The van der Waals surface area contributed by atoms with Gasteiger partial charge in [0, 0.05) is 0 Å². The van der Waals surface area contributed by atoms with Crippen LogP contribution in [-0.2, 0) is 0 Å². The highest BCUT2D eigenvalue weighted by molar-refractivity contribution is 7.11. The third-order valence-electron chi connectivity index (χ3n) is 1.87. The first kappa shape index (κ1) is 11.1. The molecule has 1 rings (SSSR count). The molecule has 0 saturated heterocycles. The van der Waals surface area contributed by atoms with E-state index in [-0.39, 0.29) is 6.42 Å². The molecule has 1 aromatic heterocycles. The van der Waals surface area contributed by atoms with Gasteiger partial charge in [0.15, 0.2) is 0 Å². The van der Waals surface area contributed by atoms with Crippen LogP contribution in [-0.4, -0.2) is 21.3 Å². The van der Waals surface area contributed by atoms with Crippen LogP contribution in [0.1, 0.15) is 28.1 Å². The number of aromatic nitrogens is 1. The minimum Gasteiger partial charge on any atom is -0.389 e. The summed E-state index contributed by atoms with van der Waals surface area (Å²) in [5.41, 5.74) is 0.719. The fourth-order valence-corrected chi connectivity index (χ4v) is 2.17. The van der Waals surface area contributed by atoms with Crippen LogP contribution in [0.15, 0.2) is 0 Å². The third kappa shape index (κ3) is 2.29. The summed E-state index contributed by atoms with van der Waals surface area (Å²) in [6.07, 6.45) is -2.10. The lowest BCUT2D eigenvalue weighted by Crippen LogP contribution is -2.17. The lowest BCUT2D eigenvalue weighted by molar-refractivity contribution is 0.0233. The molecule has 0 fully saturated rings. The minimum absolute atomic E-state index is 0.0719. The molecule has 1 heterocycles. The Morgan fingerprint density at radius 2 is 2.14 bits per heavy atom. The second kappa shape index (κ2) is 4.51. The maximum Gasteiger partial charge on any atom is 0.117 e. The molecular weight excluding hydrogens is 200 g/mol. The van der Waals surface area contributed by atoms with Crippen molar-refractivity contribution < 1.29 is 10.2 Å². The van der Waals surface area contributed by atoms with Gasteiger partial charge >= 0.3 is 0 Å². The summed E-state index contributed by atoms with van der Waals surface area (Å²) >= 11 is 1.35. The number of thiazole rings is 1. The van der Waals surface area contributed by atoms with Gasteiger partial charge in [0.25, 0.3) is 0 Å². The topological polar surface area (TPSA) is 77.1 Å². The highest BCUT2D eigenvalue weighted by atomic mass is 32.1. The van der Waals surface area contributed by atoms with Crippen molar-refractivity contribution in [2.45, 2.75) is 32.5 Å². The highest BCUT2D eigenvalue weighted by Gasteiger charge is 2.22. The molecule has 0 bridgehead atoms. The van der Waals surface area contributed by atoms with E-state index < -0.39 is 12.2 Å². The number of rotatable bonds is 3. The fraction of sp³-hybridized carbons (Fsp3) is 0.556. The number of hydrogen-bond donors (Lipinski definition) is 2. The van der Waals surface area contributed by atoms with E-state index in [1.165, 1.54) is 11.3 Å². The van der Waals surface area contributed by atoms with Crippen molar-refractivity contribution >= 4 is 11.3 Å². The summed E-state index contributed by atoms with van der Waals surface area (Å²) in [5, 5.41) is 28.3. The van der Waals surface area contributed by atoms with E-state index in [0.717, 1.165) is 10.7 Å². The van der Waals surface area contributed by atoms with Crippen LogP contribution in [0.3, 0.4) is 0 Å². The van der Waals surface area contributed by atoms with Gasteiger partial charge in [-0.1, -0.05) is 0 Å². The van der Waals surface area contributed by atoms with E-state index >= 15 is 0 Å². The molecular formula is C9H12N2O2S. The number of aryl methyl sites for hydroxylation is 2. The van der Waals surface area contributed by atoms with E-state index in [2.05, 4.69) is 4.98 Å². The summed E-state index contributed by atoms with van der Waals surface area (Å²) in [4.78, 5) is 4.78. The van der Waals surface area contributed by atoms with Gasteiger partial charge in [0.05, 0.1) is 34.2 Å². The van der Waals surface area contributed by atoms with Gasteiger partial charge in [-0.05, 0) is 13.8 Å². The van der Waals surface area contributed by atoms with Crippen molar-refractivity contribution in [3.63, 3.8) is 0 Å². The first-order chi connectivity index (χ1) is 6.56. The molecule has 0 aliphatic carbocycles. The Hall–Kier alpha value is -0.960. The van der Waals surface area contributed by atoms with E-state index in [1.807, 2.05) is 13.0 Å². The Morgan fingerprint density at radius 3 is 2.57 bits per heavy atom. The minimum atomic E-state index is -1.03. The van der Waals surface area contributed by atoms with Gasteiger partial charge in [-0.15, -0.1) is 11.3 Å². The Bertz CT molecular complexity index is 356. The van der Waals surface area contributed by atoms with E-state index in [4.69, 9.17) is 5.26 Å². The standard InChI is InChI=1S/C9H12N2O2S/c1-5-9(14-6(2)11-5)8(13)7(12)3-4-10/h7-8,12-13H,3H2,1-2H3. The Kier molecular flexibility index (Phi) is 3.58. The first-order valence-corrected chi connectivity index (χ1v) is 5.05. The highest BCUT2D eigenvalue weighted by Crippen LogP contribution is 2.27. The first-order valence-electron chi connectivity index (χ1n) is 4.23. The summed E-state index contributed by atoms with van der Waals surface area (Å²) in [6.45, 7) is 3.62. The Morgan fingerprint density at radius 1 is 1.50 bits per heavy atom. The average molecular weight is 212 g/mol. The predicted octanol–water partition coefficient (Wildman–Crippen LogP) is 1.07. The molecule has 1 aromatic rings. The van der Waals surface area contributed by atoms with Crippen LogP contribution in [0.4, 0.5) is 0 Å². The van der Waals surface area contributed by atoms with Gasteiger partial charge in [0.1, 0.15) is 6.10 Å². The van der Waals surface area contributed by atoms with Crippen molar-refractivity contribution in [2.24, 2.45) is 0 Å². The van der Waals surface area contributed by atoms with Crippen LogP contribution >= 0.6 is 11.3 Å². The lowest BCUT2D eigenvalue weighted by Gasteiger charge is -2.13. The second-order valence-corrected chi connectivity index (χ2v) is 4.29. The van der Waals surface area contributed by atoms with Gasteiger partial charge in [-0.2, -0.15) is 5.26 Å². The molecule has 0 saturated carbocycles. The zero-order valence-electron chi connectivity index (χ0n) is 8.06. The van der Waals surface area contributed by atoms with E-state index in [9.17, 15) is 10.2 Å². The molecule has 0 aliphatic rings. The maximum atomic E-state index is 9.68. The molecule has 5 heteroatoms. The van der Waals surface area contributed by atoms with Crippen molar-refractivity contribution in [1.82, 2.24) is 4.98 Å². The van der Waals surface area contributed by atoms with Crippen LogP contribution < -0.4 is 0 Å². The fourth-order valence-electron chi connectivity index (χ4n) is 1.20. The summed E-state index contributed by atoms with van der Waals surface area (Å²) in [5.74, 6) is 0. The Balaban J connectivity index is 2.84. The molecule has 0 spiro atoms. The molecule has 0 radical (unpaired) electrons.